The van der Waals surface area contributed by atoms with Crippen LogP contribution in [0.5, 0.6) is 0 Å². The molecule has 0 atom stereocenters. The number of anilines is 1. The molecule has 1 heterocycles. The molecule has 0 aliphatic heterocycles. The molecule has 96 valence electrons. The predicted molar refractivity (Wildman–Crippen MR) is 63.4 cm³/mol. The molecule has 0 radical (unpaired) electrons. The molecule has 0 aliphatic rings. The van der Waals surface area contributed by atoms with Gasteiger partial charge >= 0.3 is 0 Å². The van der Waals surface area contributed by atoms with E-state index in [0.29, 0.717) is 5.69 Å². The number of H-pyrrole nitrogens is 1. The van der Waals surface area contributed by atoms with E-state index in [4.69, 9.17) is 5.73 Å². The minimum absolute atomic E-state index is 0.0547. The third-order valence-electron chi connectivity index (χ3n) is 2.27. The number of rotatable bonds is 4. The summed E-state index contributed by atoms with van der Waals surface area (Å²) in [6.45, 7) is 0.0547. The van der Waals surface area contributed by atoms with Crippen molar-refractivity contribution in [3.8, 4) is 0 Å². The number of benzene rings is 1. The SMILES string of the molecule is Nc1cc(F)ccc1S(=O)(=O)NCc1ccn[nH]1. The van der Waals surface area contributed by atoms with Crippen molar-refractivity contribution < 1.29 is 12.8 Å². The van der Waals surface area contributed by atoms with Crippen molar-refractivity contribution in [1.29, 1.82) is 0 Å². The van der Waals surface area contributed by atoms with Crippen molar-refractivity contribution in [3.63, 3.8) is 0 Å². The lowest BCUT2D eigenvalue weighted by atomic mass is 10.3. The summed E-state index contributed by atoms with van der Waals surface area (Å²) < 4.78 is 39.0. The standard InChI is InChI=1S/C10H11FN4O2S/c11-7-1-2-10(9(12)5-7)18(16,17)14-6-8-3-4-13-15-8/h1-5,14H,6,12H2,(H,13,15). The van der Waals surface area contributed by atoms with Gasteiger partial charge in [0.2, 0.25) is 10.0 Å². The van der Waals surface area contributed by atoms with Gasteiger partial charge in [0, 0.05) is 6.20 Å². The highest BCUT2D eigenvalue weighted by molar-refractivity contribution is 7.89. The van der Waals surface area contributed by atoms with Crippen LogP contribution in [0.1, 0.15) is 5.69 Å². The Morgan fingerprint density at radius 3 is 2.78 bits per heavy atom. The Hall–Kier alpha value is -1.93. The van der Waals surface area contributed by atoms with E-state index in [1.54, 1.807) is 6.07 Å². The van der Waals surface area contributed by atoms with E-state index >= 15 is 0 Å². The lowest BCUT2D eigenvalue weighted by Gasteiger charge is -2.08. The summed E-state index contributed by atoms with van der Waals surface area (Å²) in [5.74, 6) is -0.583. The smallest absolute Gasteiger partial charge is 0.242 e. The van der Waals surface area contributed by atoms with Crippen LogP contribution in [0.25, 0.3) is 0 Å². The summed E-state index contributed by atoms with van der Waals surface area (Å²) in [7, 11) is -3.77. The second-order valence-electron chi connectivity index (χ2n) is 3.59. The topological polar surface area (TPSA) is 101 Å². The molecule has 0 spiro atoms. The Morgan fingerprint density at radius 1 is 1.39 bits per heavy atom. The molecule has 0 fully saturated rings. The van der Waals surface area contributed by atoms with Gasteiger partial charge in [0.1, 0.15) is 10.7 Å². The highest BCUT2D eigenvalue weighted by Gasteiger charge is 2.17. The summed E-state index contributed by atoms with van der Waals surface area (Å²) >= 11 is 0. The first-order valence-corrected chi connectivity index (χ1v) is 6.50. The van der Waals surface area contributed by atoms with Gasteiger partial charge in [0.15, 0.2) is 0 Å². The quantitative estimate of drug-likeness (QED) is 0.708. The van der Waals surface area contributed by atoms with Crippen LogP contribution in [0.2, 0.25) is 0 Å². The summed E-state index contributed by atoms with van der Waals surface area (Å²) in [5, 5.41) is 6.31. The van der Waals surface area contributed by atoms with Gasteiger partial charge in [-0.15, -0.1) is 0 Å². The fourth-order valence-electron chi connectivity index (χ4n) is 1.40. The zero-order valence-electron chi connectivity index (χ0n) is 9.22. The van der Waals surface area contributed by atoms with Crippen LogP contribution in [0.4, 0.5) is 10.1 Å². The molecule has 8 heteroatoms. The van der Waals surface area contributed by atoms with Gasteiger partial charge in [-0.2, -0.15) is 5.10 Å². The number of halogens is 1. The average Bonchev–Trinajstić information content (AvgIpc) is 2.78. The Balaban J connectivity index is 2.20. The summed E-state index contributed by atoms with van der Waals surface area (Å²) in [5.41, 5.74) is 5.96. The number of hydrogen-bond donors (Lipinski definition) is 3. The van der Waals surface area contributed by atoms with E-state index in [-0.39, 0.29) is 17.1 Å². The maximum absolute atomic E-state index is 12.8. The van der Waals surface area contributed by atoms with E-state index in [0.717, 1.165) is 18.2 Å². The molecular formula is C10H11FN4O2S. The van der Waals surface area contributed by atoms with Crippen LogP contribution in [0, 0.1) is 5.82 Å². The number of hydrogen-bond acceptors (Lipinski definition) is 4. The minimum atomic E-state index is -3.77. The van der Waals surface area contributed by atoms with Crippen molar-refractivity contribution in [1.82, 2.24) is 14.9 Å². The third-order valence-corrected chi connectivity index (χ3v) is 3.75. The minimum Gasteiger partial charge on any atom is -0.398 e. The number of nitrogen functional groups attached to an aromatic ring is 1. The van der Waals surface area contributed by atoms with Crippen molar-refractivity contribution in [2.45, 2.75) is 11.4 Å². The molecule has 4 N–H and O–H groups in total. The molecule has 2 rings (SSSR count). The fourth-order valence-corrected chi connectivity index (χ4v) is 2.52. The molecule has 2 aromatic rings. The molecule has 1 aromatic carbocycles. The summed E-state index contributed by atoms with van der Waals surface area (Å²) in [4.78, 5) is -0.150. The number of nitrogens with two attached hydrogens (primary N) is 1. The van der Waals surface area contributed by atoms with E-state index in [1.807, 2.05) is 0 Å². The Kier molecular flexibility index (Phi) is 3.30. The maximum atomic E-state index is 12.8. The zero-order valence-corrected chi connectivity index (χ0v) is 10.0. The molecule has 0 saturated heterocycles. The zero-order chi connectivity index (χ0) is 13.2. The first-order chi connectivity index (χ1) is 8.49. The van der Waals surface area contributed by atoms with Gasteiger partial charge < -0.3 is 5.73 Å². The molecule has 0 unspecified atom stereocenters. The van der Waals surface area contributed by atoms with E-state index < -0.39 is 15.8 Å². The van der Waals surface area contributed by atoms with Gasteiger partial charge in [0.25, 0.3) is 0 Å². The van der Waals surface area contributed by atoms with Crippen LogP contribution in [0.15, 0.2) is 35.4 Å². The highest BCUT2D eigenvalue weighted by Crippen LogP contribution is 2.19. The number of nitrogens with zero attached hydrogens (tertiary/aromatic N) is 1. The van der Waals surface area contributed by atoms with Crippen molar-refractivity contribution in [2.75, 3.05) is 5.73 Å². The van der Waals surface area contributed by atoms with E-state index in [1.165, 1.54) is 6.20 Å². The molecule has 0 saturated carbocycles. The van der Waals surface area contributed by atoms with Crippen LogP contribution in [-0.4, -0.2) is 18.6 Å². The van der Waals surface area contributed by atoms with Crippen molar-refractivity contribution in [3.05, 3.63) is 42.0 Å². The molecule has 6 nitrogen and oxygen atoms in total. The number of nitrogens with one attached hydrogen (secondary N) is 2. The molecule has 0 amide bonds. The maximum Gasteiger partial charge on any atom is 0.242 e. The average molecular weight is 270 g/mol. The van der Waals surface area contributed by atoms with Gasteiger partial charge in [-0.1, -0.05) is 0 Å². The first kappa shape index (κ1) is 12.5. The number of aromatic nitrogens is 2. The molecule has 0 aliphatic carbocycles. The van der Waals surface area contributed by atoms with Gasteiger partial charge in [-0.05, 0) is 24.3 Å². The molecule has 1 aromatic heterocycles. The summed E-state index contributed by atoms with van der Waals surface area (Å²) in [6.07, 6.45) is 1.51. The Labute approximate surface area is 103 Å². The largest absolute Gasteiger partial charge is 0.398 e. The van der Waals surface area contributed by atoms with Crippen molar-refractivity contribution in [2.24, 2.45) is 0 Å². The second kappa shape index (κ2) is 4.75. The van der Waals surface area contributed by atoms with Gasteiger partial charge in [-0.25, -0.2) is 17.5 Å². The summed E-state index contributed by atoms with van der Waals surface area (Å²) in [6, 6.07) is 4.77. The number of sulfonamides is 1. The highest BCUT2D eigenvalue weighted by atomic mass is 32.2. The predicted octanol–water partition coefficient (Wildman–Crippen LogP) is 0.610. The Morgan fingerprint density at radius 2 is 2.17 bits per heavy atom. The third kappa shape index (κ3) is 2.66. The Bertz CT molecular complexity index is 640. The lowest BCUT2D eigenvalue weighted by Crippen LogP contribution is -2.24. The van der Waals surface area contributed by atoms with Crippen LogP contribution >= 0.6 is 0 Å². The molecule has 18 heavy (non-hydrogen) atoms. The van der Waals surface area contributed by atoms with Crippen LogP contribution < -0.4 is 10.5 Å². The van der Waals surface area contributed by atoms with E-state index in [9.17, 15) is 12.8 Å². The monoisotopic (exact) mass is 270 g/mol. The lowest BCUT2D eigenvalue weighted by molar-refractivity contribution is 0.580. The molecule has 0 bridgehead atoms. The number of aromatic amines is 1. The van der Waals surface area contributed by atoms with Gasteiger partial charge in [-0.3, -0.25) is 5.10 Å². The van der Waals surface area contributed by atoms with Gasteiger partial charge in [0.05, 0.1) is 17.9 Å². The van der Waals surface area contributed by atoms with Crippen LogP contribution in [-0.2, 0) is 16.6 Å². The van der Waals surface area contributed by atoms with Crippen molar-refractivity contribution >= 4 is 15.7 Å². The first-order valence-electron chi connectivity index (χ1n) is 5.02. The second-order valence-corrected chi connectivity index (χ2v) is 5.32. The normalized spacial score (nSPS) is 11.6. The van der Waals surface area contributed by atoms with Crippen LogP contribution in [0.3, 0.4) is 0 Å². The fraction of sp³-hybridized carbons (Fsp3) is 0.100. The van der Waals surface area contributed by atoms with E-state index in [2.05, 4.69) is 14.9 Å². The molecular weight excluding hydrogens is 259 g/mol.